The maximum atomic E-state index is 13.1. The normalized spacial score (nSPS) is 11.5. The fourth-order valence-corrected chi connectivity index (χ4v) is 2.89. The molecule has 0 bridgehead atoms. The smallest absolute Gasteiger partial charge is 0.191 e. The van der Waals surface area contributed by atoms with Crippen LogP contribution in [0.3, 0.4) is 0 Å². The van der Waals surface area contributed by atoms with Crippen molar-refractivity contribution < 1.29 is 4.39 Å². The Bertz CT molecular complexity index is 632. The number of hydrogen-bond acceptors (Lipinski definition) is 3. The molecule has 0 spiro atoms. The van der Waals surface area contributed by atoms with Crippen molar-refractivity contribution in [3.05, 3.63) is 51.2 Å². The highest BCUT2D eigenvalue weighted by Crippen LogP contribution is 2.15. The second-order valence-electron chi connectivity index (χ2n) is 4.98. The zero-order valence-electron chi connectivity index (χ0n) is 13.1. The molecule has 0 aliphatic heterocycles. The molecule has 0 radical (unpaired) electrons. The minimum absolute atomic E-state index is 0.200. The van der Waals surface area contributed by atoms with Gasteiger partial charge in [-0.15, -0.1) is 11.3 Å². The van der Waals surface area contributed by atoms with E-state index in [1.54, 1.807) is 30.5 Å². The van der Waals surface area contributed by atoms with Gasteiger partial charge in [0.05, 0.1) is 12.2 Å². The van der Waals surface area contributed by atoms with Gasteiger partial charge in [-0.05, 0) is 38.0 Å². The lowest BCUT2D eigenvalue weighted by Crippen LogP contribution is -2.37. The predicted octanol–water partition coefficient (Wildman–Crippen LogP) is 2.81. The number of nitrogens with zero attached hydrogens (tertiary/aromatic N) is 2. The zero-order chi connectivity index (χ0) is 15.9. The number of guanidine groups is 1. The number of aliphatic imine (C=N–C) groups is 1. The monoisotopic (exact) mass is 320 g/mol. The number of halogens is 1. The molecule has 1 heterocycles. The van der Waals surface area contributed by atoms with Gasteiger partial charge in [-0.3, -0.25) is 4.99 Å². The standard InChI is InChI=1S/C16H21FN4S/c1-11-12(2)22-15(21-11)10-20-16(18-3)19-8-7-13-5-4-6-14(17)9-13/h4-6,9H,7-8,10H2,1-3H3,(H2,18,19,20). The Morgan fingerprint density at radius 1 is 1.32 bits per heavy atom. The Hall–Kier alpha value is -1.95. The molecular weight excluding hydrogens is 299 g/mol. The van der Waals surface area contributed by atoms with Crippen molar-refractivity contribution in [2.75, 3.05) is 13.6 Å². The maximum Gasteiger partial charge on any atom is 0.191 e. The Kier molecular flexibility index (Phi) is 5.89. The van der Waals surface area contributed by atoms with E-state index in [4.69, 9.17) is 0 Å². The van der Waals surface area contributed by atoms with Crippen molar-refractivity contribution in [1.82, 2.24) is 15.6 Å². The van der Waals surface area contributed by atoms with Crippen molar-refractivity contribution in [1.29, 1.82) is 0 Å². The summed E-state index contributed by atoms with van der Waals surface area (Å²) in [4.78, 5) is 9.91. The molecule has 0 aliphatic carbocycles. The maximum absolute atomic E-state index is 13.1. The molecule has 22 heavy (non-hydrogen) atoms. The third kappa shape index (κ3) is 4.80. The van der Waals surface area contributed by atoms with Crippen molar-refractivity contribution in [3.8, 4) is 0 Å². The highest BCUT2D eigenvalue weighted by atomic mass is 32.1. The topological polar surface area (TPSA) is 49.3 Å². The van der Waals surface area contributed by atoms with Crippen LogP contribution in [0.2, 0.25) is 0 Å². The highest BCUT2D eigenvalue weighted by Gasteiger charge is 2.04. The van der Waals surface area contributed by atoms with Crippen LogP contribution in [0.1, 0.15) is 21.1 Å². The second kappa shape index (κ2) is 7.89. The van der Waals surface area contributed by atoms with Crippen LogP contribution in [0.25, 0.3) is 0 Å². The lowest BCUT2D eigenvalue weighted by atomic mass is 10.1. The highest BCUT2D eigenvalue weighted by molar-refractivity contribution is 7.11. The first-order valence-corrected chi connectivity index (χ1v) is 8.02. The number of benzene rings is 1. The third-order valence-corrected chi connectivity index (χ3v) is 4.37. The van der Waals surface area contributed by atoms with Crippen LogP contribution < -0.4 is 10.6 Å². The summed E-state index contributed by atoms with van der Waals surface area (Å²) < 4.78 is 13.1. The van der Waals surface area contributed by atoms with Gasteiger partial charge in [-0.2, -0.15) is 0 Å². The average Bonchev–Trinajstić information content (AvgIpc) is 2.81. The van der Waals surface area contributed by atoms with Gasteiger partial charge in [-0.1, -0.05) is 12.1 Å². The van der Waals surface area contributed by atoms with E-state index in [0.29, 0.717) is 13.1 Å². The van der Waals surface area contributed by atoms with Crippen LogP contribution in [0.4, 0.5) is 4.39 Å². The van der Waals surface area contributed by atoms with Crippen LogP contribution in [-0.2, 0) is 13.0 Å². The predicted molar refractivity (Wildman–Crippen MR) is 89.9 cm³/mol. The van der Waals surface area contributed by atoms with Gasteiger partial charge >= 0.3 is 0 Å². The third-order valence-electron chi connectivity index (χ3n) is 3.30. The van der Waals surface area contributed by atoms with Gasteiger partial charge in [-0.25, -0.2) is 9.37 Å². The fraction of sp³-hybridized carbons (Fsp3) is 0.375. The fourth-order valence-electron chi connectivity index (χ4n) is 2.01. The quantitative estimate of drug-likeness (QED) is 0.658. The van der Waals surface area contributed by atoms with Crippen LogP contribution in [-0.4, -0.2) is 24.5 Å². The lowest BCUT2D eigenvalue weighted by molar-refractivity contribution is 0.625. The van der Waals surface area contributed by atoms with E-state index in [9.17, 15) is 4.39 Å². The molecule has 2 rings (SSSR count). The summed E-state index contributed by atoms with van der Waals surface area (Å²) in [5, 5.41) is 7.50. The molecule has 2 N–H and O–H groups in total. The summed E-state index contributed by atoms with van der Waals surface area (Å²) in [6.07, 6.45) is 0.744. The molecule has 0 fully saturated rings. The Labute approximate surface area is 134 Å². The van der Waals surface area contributed by atoms with Gasteiger partial charge in [0, 0.05) is 18.5 Å². The average molecular weight is 320 g/mol. The van der Waals surface area contributed by atoms with E-state index in [2.05, 4.69) is 27.5 Å². The molecule has 0 aliphatic rings. The molecule has 0 unspecified atom stereocenters. The largest absolute Gasteiger partial charge is 0.356 e. The molecule has 4 nitrogen and oxygen atoms in total. The summed E-state index contributed by atoms with van der Waals surface area (Å²) in [7, 11) is 1.73. The zero-order valence-corrected chi connectivity index (χ0v) is 13.9. The Morgan fingerprint density at radius 3 is 2.77 bits per heavy atom. The number of aryl methyl sites for hydroxylation is 2. The van der Waals surface area contributed by atoms with E-state index < -0.39 is 0 Å². The molecule has 1 aromatic heterocycles. The summed E-state index contributed by atoms with van der Waals surface area (Å²) in [6.45, 7) is 5.43. The lowest BCUT2D eigenvalue weighted by Gasteiger charge is -2.10. The van der Waals surface area contributed by atoms with E-state index in [1.165, 1.54) is 10.9 Å². The van der Waals surface area contributed by atoms with E-state index in [0.717, 1.165) is 28.6 Å². The Morgan fingerprint density at radius 2 is 2.14 bits per heavy atom. The van der Waals surface area contributed by atoms with Crippen molar-refractivity contribution in [2.24, 2.45) is 4.99 Å². The van der Waals surface area contributed by atoms with Crippen molar-refractivity contribution >= 4 is 17.3 Å². The molecule has 1 aromatic carbocycles. The summed E-state index contributed by atoms with van der Waals surface area (Å²) >= 11 is 1.69. The van der Waals surface area contributed by atoms with Crippen LogP contribution in [0.15, 0.2) is 29.3 Å². The number of hydrogen-bond donors (Lipinski definition) is 2. The van der Waals surface area contributed by atoms with Gasteiger partial charge < -0.3 is 10.6 Å². The van der Waals surface area contributed by atoms with Gasteiger partial charge in [0.2, 0.25) is 0 Å². The number of aromatic nitrogens is 1. The molecule has 0 amide bonds. The Balaban J connectivity index is 1.78. The first-order chi connectivity index (χ1) is 10.6. The van der Waals surface area contributed by atoms with Crippen molar-refractivity contribution in [2.45, 2.75) is 26.8 Å². The number of rotatable bonds is 5. The SMILES string of the molecule is CN=C(NCCc1cccc(F)c1)NCc1nc(C)c(C)s1. The molecule has 0 saturated carbocycles. The first-order valence-electron chi connectivity index (χ1n) is 7.20. The summed E-state index contributed by atoms with van der Waals surface area (Å²) in [6, 6.07) is 6.65. The minimum Gasteiger partial charge on any atom is -0.356 e. The summed E-state index contributed by atoms with van der Waals surface area (Å²) in [5.74, 6) is 0.524. The molecule has 0 saturated heterocycles. The molecule has 118 valence electrons. The van der Waals surface area contributed by atoms with E-state index >= 15 is 0 Å². The number of nitrogens with one attached hydrogen (secondary N) is 2. The number of thiazole rings is 1. The minimum atomic E-state index is -0.200. The molecule has 2 aromatic rings. The molecule has 0 atom stereocenters. The van der Waals surface area contributed by atoms with Gasteiger partial charge in [0.1, 0.15) is 10.8 Å². The van der Waals surface area contributed by atoms with Gasteiger partial charge in [0.15, 0.2) is 5.96 Å². The van der Waals surface area contributed by atoms with Crippen molar-refractivity contribution in [3.63, 3.8) is 0 Å². The molecule has 6 heteroatoms. The van der Waals surface area contributed by atoms with Gasteiger partial charge in [0.25, 0.3) is 0 Å². The molecular formula is C16H21FN4S. The van der Waals surface area contributed by atoms with E-state index in [1.807, 2.05) is 13.0 Å². The van der Waals surface area contributed by atoms with Crippen LogP contribution in [0.5, 0.6) is 0 Å². The summed E-state index contributed by atoms with van der Waals surface area (Å²) in [5.41, 5.74) is 2.05. The van der Waals surface area contributed by atoms with Crippen LogP contribution in [0, 0.1) is 19.7 Å². The van der Waals surface area contributed by atoms with Crippen LogP contribution >= 0.6 is 11.3 Å². The van der Waals surface area contributed by atoms with E-state index in [-0.39, 0.29) is 5.82 Å². The first kappa shape index (κ1) is 16.4. The second-order valence-corrected chi connectivity index (χ2v) is 6.27.